The van der Waals surface area contributed by atoms with Crippen molar-refractivity contribution < 1.29 is 0 Å². The first-order valence-electron chi connectivity index (χ1n) is 6.13. The van der Waals surface area contributed by atoms with Crippen LogP contribution in [0, 0.1) is 5.92 Å². The molecule has 1 saturated carbocycles. The maximum atomic E-state index is 5.54. The van der Waals surface area contributed by atoms with Gasteiger partial charge in [-0.05, 0) is 25.8 Å². The van der Waals surface area contributed by atoms with Crippen LogP contribution in [0.4, 0.5) is 0 Å². The van der Waals surface area contributed by atoms with Gasteiger partial charge in [0.25, 0.3) is 0 Å². The average Bonchev–Trinajstić information content (AvgIpc) is 2.25. The molecule has 0 amide bonds. The molecule has 0 aromatic rings. The van der Waals surface area contributed by atoms with Crippen LogP contribution < -0.4 is 5.73 Å². The molecule has 1 aliphatic rings. The maximum Gasteiger partial charge on any atom is 0.0740 e. The number of hydrogen-bond acceptors (Lipinski definition) is 2. The van der Waals surface area contributed by atoms with Crippen LogP contribution in [-0.2, 0) is 0 Å². The van der Waals surface area contributed by atoms with Gasteiger partial charge in [-0.3, -0.25) is 0 Å². The van der Waals surface area contributed by atoms with Gasteiger partial charge in [-0.1, -0.05) is 38.4 Å². The molecule has 88 valence electrons. The molecule has 1 aliphatic carbocycles. The second kappa shape index (κ2) is 6.44. The second-order valence-electron chi connectivity index (χ2n) is 4.72. The minimum atomic E-state index is 0.644. The lowest BCUT2D eigenvalue weighted by Gasteiger charge is -2.37. The molecule has 15 heavy (non-hydrogen) atoms. The molecule has 2 nitrogen and oxygen atoms in total. The third-order valence-electron chi connectivity index (χ3n) is 3.67. The molecule has 2 N–H and O–H groups in total. The first-order valence-corrected chi connectivity index (χ1v) is 6.54. The lowest BCUT2D eigenvalue weighted by atomic mass is 9.82. The van der Waals surface area contributed by atoms with Crippen LogP contribution in [0.3, 0.4) is 0 Å². The van der Waals surface area contributed by atoms with Gasteiger partial charge in [0.15, 0.2) is 0 Å². The predicted octanol–water partition coefficient (Wildman–Crippen LogP) is 2.56. The van der Waals surface area contributed by atoms with Gasteiger partial charge in [-0.25, -0.2) is 0 Å². The van der Waals surface area contributed by atoms with Crippen LogP contribution in [0.15, 0.2) is 0 Å². The molecule has 1 fully saturated rings. The molecule has 0 saturated heterocycles. The summed E-state index contributed by atoms with van der Waals surface area (Å²) in [5.41, 5.74) is 5.54. The zero-order chi connectivity index (χ0) is 11.3. The molecule has 0 spiro atoms. The zero-order valence-corrected chi connectivity index (χ0v) is 10.9. The number of rotatable bonds is 5. The van der Waals surface area contributed by atoms with E-state index in [1.54, 1.807) is 0 Å². The summed E-state index contributed by atoms with van der Waals surface area (Å²) in [5, 5.41) is 0. The molecule has 2 atom stereocenters. The summed E-state index contributed by atoms with van der Waals surface area (Å²) < 4.78 is 0. The molecule has 0 aliphatic heterocycles. The zero-order valence-electron chi connectivity index (χ0n) is 10.0. The smallest absolute Gasteiger partial charge is 0.0740 e. The van der Waals surface area contributed by atoms with E-state index < -0.39 is 0 Å². The molecule has 0 aromatic carbocycles. The van der Waals surface area contributed by atoms with E-state index in [0.717, 1.165) is 24.9 Å². The van der Waals surface area contributed by atoms with Crippen LogP contribution in [-0.4, -0.2) is 29.5 Å². The molecular formula is C12H24N2S. The quantitative estimate of drug-likeness (QED) is 0.733. The van der Waals surface area contributed by atoms with Gasteiger partial charge in [0.05, 0.1) is 4.99 Å². The summed E-state index contributed by atoms with van der Waals surface area (Å²) in [6.45, 7) is 3.33. The fraction of sp³-hybridized carbons (Fsp3) is 0.917. The Labute approximate surface area is 99.2 Å². The summed E-state index contributed by atoms with van der Waals surface area (Å²) in [5.74, 6) is 0.884. The maximum absolute atomic E-state index is 5.54. The Balaban J connectivity index is 2.40. The van der Waals surface area contributed by atoms with E-state index in [1.807, 2.05) is 0 Å². The monoisotopic (exact) mass is 228 g/mol. The van der Waals surface area contributed by atoms with Crippen LogP contribution in [0.5, 0.6) is 0 Å². The topological polar surface area (TPSA) is 29.3 Å². The van der Waals surface area contributed by atoms with Crippen molar-refractivity contribution in [3.63, 3.8) is 0 Å². The van der Waals surface area contributed by atoms with Crippen molar-refractivity contribution >= 4 is 17.2 Å². The fourth-order valence-corrected chi connectivity index (χ4v) is 2.79. The highest BCUT2D eigenvalue weighted by Crippen LogP contribution is 2.29. The Bertz CT molecular complexity index is 206. The number of nitrogens with zero attached hydrogens (tertiary/aromatic N) is 1. The highest BCUT2D eigenvalue weighted by molar-refractivity contribution is 7.80. The predicted molar refractivity (Wildman–Crippen MR) is 70.1 cm³/mol. The Hall–Kier alpha value is -0.150. The first kappa shape index (κ1) is 12.9. The SMILES string of the molecule is CCC1CCCCC1N(C)CCC(N)=S. The van der Waals surface area contributed by atoms with E-state index >= 15 is 0 Å². The van der Waals surface area contributed by atoms with Gasteiger partial charge >= 0.3 is 0 Å². The van der Waals surface area contributed by atoms with Gasteiger partial charge in [0.1, 0.15) is 0 Å². The van der Waals surface area contributed by atoms with Gasteiger partial charge < -0.3 is 10.6 Å². The molecule has 0 heterocycles. The van der Waals surface area contributed by atoms with Crippen molar-refractivity contribution in [2.24, 2.45) is 11.7 Å². The Morgan fingerprint density at radius 3 is 2.67 bits per heavy atom. The minimum Gasteiger partial charge on any atom is -0.393 e. The summed E-state index contributed by atoms with van der Waals surface area (Å²) in [4.78, 5) is 3.11. The average molecular weight is 228 g/mol. The van der Waals surface area contributed by atoms with Crippen LogP contribution in [0.25, 0.3) is 0 Å². The summed E-state index contributed by atoms with van der Waals surface area (Å²) in [6.07, 6.45) is 7.72. The molecule has 0 aromatic heterocycles. The summed E-state index contributed by atoms with van der Waals surface area (Å²) in [7, 11) is 2.22. The molecule has 2 unspecified atom stereocenters. The van der Waals surface area contributed by atoms with Gasteiger partial charge in [0, 0.05) is 19.0 Å². The molecular weight excluding hydrogens is 204 g/mol. The molecule has 0 bridgehead atoms. The van der Waals surface area contributed by atoms with Crippen LogP contribution in [0.2, 0.25) is 0 Å². The summed E-state index contributed by atoms with van der Waals surface area (Å²) in [6, 6.07) is 0.762. The Morgan fingerprint density at radius 1 is 1.40 bits per heavy atom. The van der Waals surface area contributed by atoms with E-state index in [9.17, 15) is 0 Å². The molecule has 3 heteroatoms. The third-order valence-corrected chi connectivity index (χ3v) is 3.87. The van der Waals surface area contributed by atoms with Crippen LogP contribution in [0.1, 0.15) is 45.4 Å². The van der Waals surface area contributed by atoms with Gasteiger partial charge in [-0.2, -0.15) is 0 Å². The van der Waals surface area contributed by atoms with Crippen molar-refractivity contribution in [3.05, 3.63) is 0 Å². The number of nitrogens with two attached hydrogens (primary N) is 1. The van der Waals surface area contributed by atoms with E-state index in [0.29, 0.717) is 4.99 Å². The largest absolute Gasteiger partial charge is 0.393 e. The van der Waals surface area contributed by atoms with Crippen molar-refractivity contribution in [2.45, 2.75) is 51.5 Å². The van der Waals surface area contributed by atoms with E-state index in [2.05, 4.69) is 18.9 Å². The van der Waals surface area contributed by atoms with Gasteiger partial charge in [-0.15, -0.1) is 0 Å². The lowest BCUT2D eigenvalue weighted by molar-refractivity contribution is 0.129. The van der Waals surface area contributed by atoms with Crippen LogP contribution >= 0.6 is 12.2 Å². The Morgan fingerprint density at radius 2 is 2.07 bits per heavy atom. The third kappa shape index (κ3) is 4.07. The van der Waals surface area contributed by atoms with Gasteiger partial charge in [0.2, 0.25) is 0 Å². The van der Waals surface area contributed by atoms with E-state index in [1.165, 1.54) is 32.1 Å². The van der Waals surface area contributed by atoms with Crippen molar-refractivity contribution in [2.75, 3.05) is 13.6 Å². The van der Waals surface area contributed by atoms with Crippen molar-refractivity contribution in [1.29, 1.82) is 0 Å². The Kier molecular flexibility index (Phi) is 5.54. The highest BCUT2D eigenvalue weighted by atomic mass is 32.1. The lowest BCUT2D eigenvalue weighted by Crippen LogP contribution is -2.41. The first-order chi connectivity index (χ1) is 7.15. The number of thiocarbonyl (C=S) groups is 1. The fourth-order valence-electron chi connectivity index (χ4n) is 2.70. The number of hydrogen-bond donors (Lipinski definition) is 1. The van der Waals surface area contributed by atoms with Crippen molar-refractivity contribution in [3.8, 4) is 0 Å². The minimum absolute atomic E-state index is 0.644. The van der Waals surface area contributed by atoms with Crippen molar-refractivity contribution in [1.82, 2.24) is 4.90 Å². The summed E-state index contributed by atoms with van der Waals surface area (Å²) >= 11 is 4.92. The standard InChI is InChI=1S/C12H24N2S/c1-3-10-6-4-5-7-11(10)14(2)9-8-12(13)15/h10-11H,3-9H2,1-2H3,(H2,13,15). The van der Waals surface area contributed by atoms with E-state index in [-0.39, 0.29) is 0 Å². The molecule has 1 rings (SSSR count). The highest BCUT2D eigenvalue weighted by Gasteiger charge is 2.26. The molecule has 0 radical (unpaired) electrons. The normalized spacial score (nSPS) is 26.9. The van der Waals surface area contributed by atoms with E-state index in [4.69, 9.17) is 18.0 Å². The second-order valence-corrected chi connectivity index (χ2v) is 5.24.